The van der Waals surface area contributed by atoms with E-state index in [1.165, 1.54) is 5.56 Å². The average Bonchev–Trinajstić information content (AvgIpc) is 2.43. The number of carbonyl (C=O) groups is 2. The van der Waals surface area contributed by atoms with E-state index >= 15 is 0 Å². The first-order valence-corrected chi connectivity index (χ1v) is 7.81. The van der Waals surface area contributed by atoms with Crippen molar-refractivity contribution in [2.75, 3.05) is 0 Å². The highest BCUT2D eigenvalue weighted by Gasteiger charge is 2.27. The molecular weight excluding hydrogens is 276 g/mol. The minimum atomic E-state index is -0.493. The summed E-state index contributed by atoms with van der Waals surface area (Å²) in [7, 11) is 0. The Kier molecular flexibility index (Phi) is 6.15. The maximum atomic E-state index is 12.4. The monoisotopic (exact) mass is 304 g/mol. The van der Waals surface area contributed by atoms with Gasteiger partial charge >= 0.3 is 0 Å². The van der Waals surface area contributed by atoms with Crippen LogP contribution < -0.4 is 5.32 Å². The maximum Gasteiger partial charge on any atom is 0.242 e. The molecule has 2 amide bonds. The largest absolute Gasteiger partial charge is 0.350 e. The molecule has 0 fully saturated rings. The van der Waals surface area contributed by atoms with Crippen LogP contribution in [0.5, 0.6) is 0 Å². The molecule has 1 aromatic carbocycles. The lowest BCUT2D eigenvalue weighted by Crippen LogP contribution is -2.52. The highest BCUT2D eigenvalue weighted by Crippen LogP contribution is 2.13. The van der Waals surface area contributed by atoms with Crippen LogP contribution in [0.4, 0.5) is 0 Å². The Balaban J connectivity index is 2.90. The van der Waals surface area contributed by atoms with Crippen LogP contribution in [0.25, 0.3) is 0 Å². The molecule has 0 radical (unpaired) electrons. The van der Waals surface area contributed by atoms with Crippen LogP contribution in [0.1, 0.15) is 52.2 Å². The molecule has 0 unspecified atom stereocenters. The van der Waals surface area contributed by atoms with Crippen molar-refractivity contribution in [3.05, 3.63) is 35.4 Å². The Hall–Kier alpha value is -1.84. The molecule has 122 valence electrons. The quantitative estimate of drug-likeness (QED) is 0.909. The fourth-order valence-electron chi connectivity index (χ4n) is 2.15. The summed E-state index contributed by atoms with van der Waals surface area (Å²) in [5.74, 6) is -0.140. The van der Waals surface area contributed by atoms with Crippen molar-refractivity contribution in [1.82, 2.24) is 10.2 Å². The molecule has 0 spiro atoms. The van der Waals surface area contributed by atoms with Gasteiger partial charge in [0.05, 0.1) is 0 Å². The first-order chi connectivity index (χ1) is 10.1. The summed E-state index contributed by atoms with van der Waals surface area (Å²) in [4.78, 5) is 26.2. The number of amides is 2. The lowest BCUT2D eigenvalue weighted by Gasteiger charge is -2.31. The third-order valence-electron chi connectivity index (χ3n) is 3.44. The molecule has 4 nitrogen and oxygen atoms in total. The van der Waals surface area contributed by atoms with Gasteiger partial charge in [-0.1, -0.05) is 36.8 Å². The van der Waals surface area contributed by atoms with Crippen molar-refractivity contribution in [3.8, 4) is 0 Å². The van der Waals surface area contributed by atoms with Crippen molar-refractivity contribution >= 4 is 11.8 Å². The van der Waals surface area contributed by atoms with E-state index in [9.17, 15) is 9.59 Å². The number of nitrogens with one attached hydrogen (secondary N) is 1. The van der Waals surface area contributed by atoms with E-state index in [1.807, 2.05) is 58.9 Å². The molecule has 1 N–H and O–H groups in total. The smallest absolute Gasteiger partial charge is 0.242 e. The summed E-state index contributed by atoms with van der Waals surface area (Å²) >= 11 is 0. The molecule has 4 heteroatoms. The van der Waals surface area contributed by atoms with Crippen LogP contribution >= 0.6 is 0 Å². The van der Waals surface area contributed by atoms with Gasteiger partial charge in [-0.15, -0.1) is 0 Å². The molecule has 0 bridgehead atoms. The Morgan fingerprint density at radius 1 is 1.18 bits per heavy atom. The van der Waals surface area contributed by atoms with Crippen LogP contribution in [0, 0.1) is 6.92 Å². The van der Waals surface area contributed by atoms with E-state index in [0.29, 0.717) is 13.0 Å². The van der Waals surface area contributed by atoms with Gasteiger partial charge in [-0.2, -0.15) is 0 Å². The molecule has 22 heavy (non-hydrogen) atoms. The summed E-state index contributed by atoms with van der Waals surface area (Å²) in [5.41, 5.74) is 1.90. The molecule has 0 heterocycles. The number of carbonyl (C=O) groups excluding carboxylic acids is 2. The molecule has 1 atom stereocenters. The van der Waals surface area contributed by atoms with Crippen molar-refractivity contribution in [1.29, 1.82) is 0 Å². The fourth-order valence-corrected chi connectivity index (χ4v) is 2.15. The van der Waals surface area contributed by atoms with Crippen LogP contribution in [0.3, 0.4) is 0 Å². The van der Waals surface area contributed by atoms with Gasteiger partial charge in [-0.05, 0) is 40.2 Å². The molecule has 0 aliphatic carbocycles. The summed E-state index contributed by atoms with van der Waals surface area (Å²) in [6.45, 7) is 11.9. The van der Waals surface area contributed by atoms with Crippen molar-refractivity contribution in [3.63, 3.8) is 0 Å². The SMILES string of the molecule is CCC(=O)N(Cc1ccc(C)cc1)[C@@H](C)C(=O)NC(C)(C)C. The Morgan fingerprint density at radius 3 is 2.18 bits per heavy atom. The second-order valence-corrected chi connectivity index (χ2v) is 6.78. The Morgan fingerprint density at radius 2 is 1.73 bits per heavy atom. The summed E-state index contributed by atoms with van der Waals surface area (Å²) in [6.07, 6.45) is 0.388. The second-order valence-electron chi connectivity index (χ2n) is 6.78. The zero-order valence-electron chi connectivity index (χ0n) is 14.6. The number of hydrogen-bond acceptors (Lipinski definition) is 2. The van der Waals surface area contributed by atoms with Gasteiger partial charge in [-0.3, -0.25) is 9.59 Å². The lowest BCUT2D eigenvalue weighted by atomic mass is 10.1. The third-order valence-corrected chi connectivity index (χ3v) is 3.44. The number of aryl methyl sites for hydroxylation is 1. The van der Waals surface area contributed by atoms with Crippen LogP contribution in [0.2, 0.25) is 0 Å². The van der Waals surface area contributed by atoms with E-state index < -0.39 is 6.04 Å². The normalized spacial score (nSPS) is 12.6. The summed E-state index contributed by atoms with van der Waals surface area (Å²) in [6, 6.07) is 7.54. The zero-order chi connectivity index (χ0) is 16.9. The molecule has 0 saturated carbocycles. The number of benzene rings is 1. The minimum absolute atomic E-state index is 0.0165. The second kappa shape index (κ2) is 7.43. The number of rotatable bonds is 5. The number of hydrogen-bond donors (Lipinski definition) is 1. The Bertz CT molecular complexity index is 515. The highest BCUT2D eigenvalue weighted by atomic mass is 16.2. The van der Waals surface area contributed by atoms with E-state index in [4.69, 9.17) is 0 Å². The van der Waals surface area contributed by atoms with Crippen LogP contribution in [0.15, 0.2) is 24.3 Å². The maximum absolute atomic E-state index is 12.4. The lowest BCUT2D eigenvalue weighted by molar-refractivity contribution is -0.141. The van der Waals surface area contributed by atoms with E-state index in [-0.39, 0.29) is 17.4 Å². The van der Waals surface area contributed by atoms with Crippen LogP contribution in [-0.4, -0.2) is 28.3 Å². The summed E-state index contributed by atoms with van der Waals surface area (Å²) in [5, 5.41) is 2.94. The molecule has 0 saturated heterocycles. The molecule has 1 aromatic rings. The minimum Gasteiger partial charge on any atom is -0.350 e. The average molecular weight is 304 g/mol. The highest BCUT2D eigenvalue weighted by molar-refractivity contribution is 5.87. The van der Waals surface area contributed by atoms with E-state index in [1.54, 1.807) is 11.8 Å². The van der Waals surface area contributed by atoms with Gasteiger partial charge in [0.25, 0.3) is 0 Å². The summed E-state index contributed by atoms with van der Waals surface area (Å²) < 4.78 is 0. The van der Waals surface area contributed by atoms with Gasteiger partial charge < -0.3 is 10.2 Å². The van der Waals surface area contributed by atoms with Crippen LogP contribution in [-0.2, 0) is 16.1 Å². The van der Waals surface area contributed by atoms with Gasteiger partial charge in [0.1, 0.15) is 6.04 Å². The van der Waals surface area contributed by atoms with Gasteiger partial charge in [0, 0.05) is 18.5 Å². The first kappa shape index (κ1) is 18.2. The van der Waals surface area contributed by atoms with E-state index in [2.05, 4.69) is 5.32 Å². The molecule has 0 aliphatic heterocycles. The van der Waals surface area contributed by atoms with Crippen molar-refractivity contribution in [2.45, 2.75) is 66.1 Å². The third kappa shape index (κ3) is 5.51. The van der Waals surface area contributed by atoms with E-state index in [0.717, 1.165) is 5.56 Å². The fraction of sp³-hybridized carbons (Fsp3) is 0.556. The molecule has 0 aromatic heterocycles. The molecular formula is C18H28N2O2. The predicted octanol–water partition coefficient (Wildman–Crippen LogP) is 3.04. The van der Waals surface area contributed by atoms with Crippen molar-refractivity contribution in [2.24, 2.45) is 0 Å². The van der Waals surface area contributed by atoms with Gasteiger partial charge in [-0.25, -0.2) is 0 Å². The first-order valence-electron chi connectivity index (χ1n) is 7.81. The molecule has 0 aliphatic rings. The van der Waals surface area contributed by atoms with Crippen molar-refractivity contribution < 1.29 is 9.59 Å². The molecule has 1 rings (SSSR count). The predicted molar refractivity (Wildman–Crippen MR) is 89.4 cm³/mol. The van der Waals surface area contributed by atoms with Gasteiger partial charge in [0.15, 0.2) is 0 Å². The topological polar surface area (TPSA) is 49.4 Å². The number of nitrogens with zero attached hydrogens (tertiary/aromatic N) is 1. The standard InChI is InChI=1S/C18H28N2O2/c1-7-16(21)20(12-15-10-8-13(2)9-11-15)14(3)17(22)19-18(4,5)6/h8-11,14H,7,12H2,1-6H3,(H,19,22)/t14-/m0/s1. The van der Waals surface area contributed by atoms with Gasteiger partial charge in [0.2, 0.25) is 11.8 Å². The Labute approximate surface area is 133 Å². The zero-order valence-corrected chi connectivity index (χ0v) is 14.6.